The smallest absolute Gasteiger partial charge is 0.348 e. The average molecular weight is 489 g/mol. The number of esters is 1. The van der Waals surface area contributed by atoms with E-state index < -0.39 is 35.2 Å². The minimum Gasteiger partial charge on any atom is -0.457 e. The molecule has 0 spiro atoms. The quantitative estimate of drug-likeness (QED) is 0.585. The summed E-state index contributed by atoms with van der Waals surface area (Å²) in [6.45, 7) is 4.90. The van der Waals surface area contributed by atoms with Crippen LogP contribution in [0.25, 0.3) is 6.08 Å². The van der Waals surface area contributed by atoms with Crippen molar-refractivity contribution in [1.29, 1.82) is 0 Å². The van der Waals surface area contributed by atoms with E-state index in [0.29, 0.717) is 11.1 Å². The van der Waals surface area contributed by atoms with E-state index >= 15 is 4.39 Å². The summed E-state index contributed by atoms with van der Waals surface area (Å²) in [5, 5.41) is 11.5. The average Bonchev–Trinajstić information content (AvgIpc) is 2.69. The van der Waals surface area contributed by atoms with Crippen molar-refractivity contribution < 1.29 is 23.8 Å². The first kappa shape index (κ1) is 23.4. The van der Waals surface area contributed by atoms with Crippen LogP contribution in [0.2, 0.25) is 0 Å². The van der Waals surface area contributed by atoms with E-state index in [2.05, 4.69) is 15.9 Å². The van der Waals surface area contributed by atoms with Crippen LogP contribution in [0.15, 0.2) is 65.1 Å². The largest absolute Gasteiger partial charge is 0.457 e. The Labute approximate surface area is 190 Å². The van der Waals surface area contributed by atoms with Crippen LogP contribution in [0.4, 0.5) is 4.39 Å². The lowest BCUT2D eigenvalue weighted by molar-refractivity contribution is -0.194. The Kier molecular flexibility index (Phi) is 6.53. The normalized spacial score (nSPS) is 26.8. The van der Waals surface area contributed by atoms with Gasteiger partial charge in [0.2, 0.25) is 5.67 Å². The fourth-order valence-corrected chi connectivity index (χ4v) is 4.31. The molecule has 1 aliphatic carbocycles. The lowest BCUT2D eigenvalue weighted by Crippen LogP contribution is -2.63. The second-order valence-electron chi connectivity index (χ2n) is 8.88. The summed E-state index contributed by atoms with van der Waals surface area (Å²) in [4.78, 5) is 25.8. The zero-order chi connectivity index (χ0) is 22.9. The number of ether oxygens (including phenoxy) is 1. The first-order valence-corrected chi connectivity index (χ1v) is 10.9. The highest BCUT2D eigenvalue weighted by molar-refractivity contribution is 9.10. The number of aliphatic hydroxyl groups is 1. The number of hydrogen-bond acceptors (Lipinski definition) is 4. The number of benzene rings is 2. The minimum atomic E-state index is -2.85. The molecule has 0 unspecified atom stereocenters. The summed E-state index contributed by atoms with van der Waals surface area (Å²) < 4.78 is 23.1. The molecule has 31 heavy (non-hydrogen) atoms. The van der Waals surface area contributed by atoms with Crippen molar-refractivity contribution >= 4 is 33.8 Å². The molecule has 1 aliphatic rings. The highest BCUT2D eigenvalue weighted by Gasteiger charge is 2.66. The van der Waals surface area contributed by atoms with Crippen LogP contribution < -0.4 is 0 Å². The van der Waals surface area contributed by atoms with Gasteiger partial charge in [-0.15, -0.1) is 0 Å². The van der Waals surface area contributed by atoms with Crippen molar-refractivity contribution in [3.63, 3.8) is 0 Å². The molecule has 1 fully saturated rings. The molecule has 0 aliphatic heterocycles. The number of alkyl halides is 1. The van der Waals surface area contributed by atoms with Crippen molar-refractivity contribution in [2.75, 3.05) is 0 Å². The second-order valence-corrected chi connectivity index (χ2v) is 9.73. The first-order chi connectivity index (χ1) is 14.5. The van der Waals surface area contributed by atoms with Crippen molar-refractivity contribution in [3.05, 3.63) is 76.3 Å². The van der Waals surface area contributed by atoms with Crippen molar-refractivity contribution in [1.82, 2.24) is 0 Å². The van der Waals surface area contributed by atoms with E-state index in [-0.39, 0.29) is 12.2 Å². The maximum Gasteiger partial charge on any atom is 0.348 e. The lowest BCUT2D eigenvalue weighted by atomic mass is 9.63. The molecule has 0 bridgehead atoms. The molecule has 2 aromatic carbocycles. The molecule has 1 saturated carbocycles. The Morgan fingerprint density at radius 1 is 1.16 bits per heavy atom. The van der Waals surface area contributed by atoms with Gasteiger partial charge in [-0.05, 0) is 44.0 Å². The van der Waals surface area contributed by atoms with Crippen LogP contribution in [0.1, 0.15) is 50.7 Å². The van der Waals surface area contributed by atoms with Gasteiger partial charge in [-0.3, -0.25) is 4.79 Å². The Balaban J connectivity index is 2.14. The van der Waals surface area contributed by atoms with Gasteiger partial charge in [0.25, 0.3) is 0 Å². The lowest BCUT2D eigenvalue weighted by Gasteiger charge is -2.46. The van der Waals surface area contributed by atoms with Crippen LogP contribution >= 0.6 is 15.9 Å². The number of rotatable bonds is 4. The third kappa shape index (κ3) is 4.80. The highest BCUT2D eigenvalue weighted by Crippen LogP contribution is 2.50. The highest BCUT2D eigenvalue weighted by atomic mass is 79.9. The minimum absolute atomic E-state index is 0.203. The van der Waals surface area contributed by atoms with Gasteiger partial charge in [0.15, 0.2) is 0 Å². The van der Waals surface area contributed by atoms with E-state index in [1.165, 1.54) is 12.2 Å². The number of carbonyl (C=O) groups excluding carboxylic acids is 2. The van der Waals surface area contributed by atoms with Crippen molar-refractivity contribution in [3.8, 4) is 0 Å². The van der Waals surface area contributed by atoms with E-state index in [0.717, 1.165) is 4.47 Å². The molecule has 4 nitrogen and oxygen atoms in total. The summed E-state index contributed by atoms with van der Waals surface area (Å²) in [7, 11) is 0. The zero-order valence-electron chi connectivity index (χ0n) is 17.8. The Morgan fingerprint density at radius 3 is 2.39 bits per heavy atom. The molecule has 6 heteroatoms. The van der Waals surface area contributed by atoms with E-state index in [4.69, 9.17) is 4.74 Å². The van der Waals surface area contributed by atoms with Gasteiger partial charge in [-0.2, -0.15) is 0 Å². The number of Topliss-reactive ketones (excluding diaryl/α,β-unsaturated/α-hetero) is 1. The van der Waals surface area contributed by atoms with E-state index in [9.17, 15) is 14.7 Å². The third-order valence-electron chi connectivity index (χ3n) is 5.35. The van der Waals surface area contributed by atoms with Crippen LogP contribution in [0.5, 0.6) is 0 Å². The summed E-state index contributed by atoms with van der Waals surface area (Å²) >= 11 is 3.41. The van der Waals surface area contributed by atoms with Gasteiger partial charge in [-0.25, -0.2) is 9.18 Å². The van der Waals surface area contributed by atoms with Gasteiger partial charge in [-0.1, -0.05) is 70.5 Å². The van der Waals surface area contributed by atoms with Crippen LogP contribution in [0.3, 0.4) is 0 Å². The Bertz CT molecular complexity index is 998. The summed E-state index contributed by atoms with van der Waals surface area (Å²) in [5.74, 6) is -2.69. The molecule has 0 aromatic heterocycles. The molecule has 2 aromatic rings. The second kappa shape index (κ2) is 8.67. The summed E-state index contributed by atoms with van der Waals surface area (Å²) in [5.41, 5.74) is -5.06. The van der Waals surface area contributed by atoms with Crippen LogP contribution in [-0.4, -0.2) is 33.7 Å². The topological polar surface area (TPSA) is 63.6 Å². The first-order valence-electron chi connectivity index (χ1n) is 10.1. The SMILES string of the molecule is CC(C)(C)OC(=O)[C@@]1(F)[C@H](c2ccccc2)CC(=O)C[C@]1(O)/C=C/c1ccccc1Br. The molecule has 3 rings (SSSR count). The monoisotopic (exact) mass is 488 g/mol. The van der Waals surface area contributed by atoms with Crippen LogP contribution in [-0.2, 0) is 14.3 Å². The third-order valence-corrected chi connectivity index (χ3v) is 6.07. The molecule has 0 radical (unpaired) electrons. The molecule has 0 saturated heterocycles. The Hall–Kier alpha value is -2.31. The molecule has 164 valence electrons. The van der Waals surface area contributed by atoms with Crippen molar-refractivity contribution in [2.45, 2.75) is 56.4 Å². The van der Waals surface area contributed by atoms with Gasteiger partial charge >= 0.3 is 5.97 Å². The number of carbonyl (C=O) groups is 2. The predicted octanol–water partition coefficient (Wildman–Crippen LogP) is 5.39. The standard InChI is InChI=1S/C25H26BrFO4/c1-23(2,3)31-22(29)25(27)20(17-9-5-4-6-10-17)15-19(28)16-24(25,30)14-13-18-11-7-8-12-21(18)26/h4-14,20,30H,15-16H2,1-3H3/b14-13+/t20-,24+,25-/m0/s1. The van der Waals surface area contributed by atoms with E-state index in [1.54, 1.807) is 69.3 Å². The molecule has 3 atom stereocenters. The molecule has 1 N–H and O–H groups in total. The van der Waals surface area contributed by atoms with Crippen LogP contribution in [0, 0.1) is 0 Å². The van der Waals surface area contributed by atoms with E-state index in [1.807, 2.05) is 6.07 Å². The summed E-state index contributed by atoms with van der Waals surface area (Å²) in [6, 6.07) is 15.7. The molecule has 0 heterocycles. The number of halogens is 2. The van der Waals surface area contributed by atoms with Gasteiger partial charge in [0, 0.05) is 23.2 Å². The van der Waals surface area contributed by atoms with Gasteiger partial charge in [0.05, 0.1) is 0 Å². The number of hydrogen-bond donors (Lipinski definition) is 1. The number of ketones is 1. The molecular formula is C25H26BrFO4. The Morgan fingerprint density at radius 2 is 1.77 bits per heavy atom. The summed E-state index contributed by atoms with van der Waals surface area (Å²) in [6.07, 6.45) is 2.01. The molecular weight excluding hydrogens is 463 g/mol. The zero-order valence-corrected chi connectivity index (χ0v) is 19.4. The predicted molar refractivity (Wildman–Crippen MR) is 121 cm³/mol. The fourth-order valence-electron chi connectivity index (χ4n) is 3.89. The maximum absolute atomic E-state index is 16.9. The molecule has 0 amide bonds. The van der Waals surface area contributed by atoms with Gasteiger partial charge in [0.1, 0.15) is 17.0 Å². The maximum atomic E-state index is 16.9. The fraction of sp³-hybridized carbons (Fsp3) is 0.360. The van der Waals surface area contributed by atoms with Gasteiger partial charge < -0.3 is 9.84 Å². The van der Waals surface area contributed by atoms with Crippen molar-refractivity contribution in [2.24, 2.45) is 0 Å².